The monoisotopic (exact) mass is 287 g/mol. The smallest absolute Gasteiger partial charge is 0.0554 e. The first-order valence-corrected chi connectivity index (χ1v) is 7.45. The van der Waals surface area contributed by atoms with Gasteiger partial charge in [-0.05, 0) is 53.6 Å². The van der Waals surface area contributed by atoms with E-state index in [0.717, 1.165) is 28.1 Å². The van der Waals surface area contributed by atoms with Crippen LogP contribution in [0, 0.1) is 12.8 Å². The molecule has 0 bridgehead atoms. The number of aryl methyl sites for hydroxylation is 1. The van der Waals surface area contributed by atoms with Crippen LogP contribution in [-0.2, 0) is 6.42 Å². The molecule has 0 aliphatic rings. The van der Waals surface area contributed by atoms with E-state index in [1.807, 2.05) is 25.1 Å². The van der Waals surface area contributed by atoms with Gasteiger partial charge in [-0.25, -0.2) is 0 Å². The maximum absolute atomic E-state index is 6.38. The fourth-order valence-corrected chi connectivity index (χ4v) is 2.73. The number of nitrogens with two attached hydrogens (primary N) is 1. The standard InChI is InChI=1S/C18H22ClN/c1-12(2)10-14-4-6-15(7-5-14)18(20)17-9-8-16(19)11-13(17)3/h4-9,11-12,18H,10,20H2,1-3H3. The Morgan fingerprint density at radius 1 is 1.05 bits per heavy atom. The van der Waals surface area contributed by atoms with Crippen molar-refractivity contribution in [3.05, 3.63) is 69.7 Å². The highest BCUT2D eigenvalue weighted by molar-refractivity contribution is 6.30. The number of halogens is 1. The Morgan fingerprint density at radius 3 is 2.25 bits per heavy atom. The molecule has 1 atom stereocenters. The van der Waals surface area contributed by atoms with Crippen LogP contribution in [0.3, 0.4) is 0 Å². The fourth-order valence-electron chi connectivity index (χ4n) is 2.50. The topological polar surface area (TPSA) is 26.0 Å². The highest BCUT2D eigenvalue weighted by Gasteiger charge is 2.11. The summed E-state index contributed by atoms with van der Waals surface area (Å²) in [5, 5.41) is 0.755. The van der Waals surface area contributed by atoms with Crippen LogP contribution in [0.15, 0.2) is 42.5 Å². The van der Waals surface area contributed by atoms with Gasteiger partial charge < -0.3 is 5.73 Å². The summed E-state index contributed by atoms with van der Waals surface area (Å²) in [6.07, 6.45) is 1.11. The second-order valence-electron chi connectivity index (χ2n) is 5.82. The van der Waals surface area contributed by atoms with Gasteiger partial charge >= 0.3 is 0 Å². The average molecular weight is 288 g/mol. The van der Waals surface area contributed by atoms with Gasteiger partial charge in [-0.3, -0.25) is 0 Å². The molecule has 2 rings (SSSR count). The minimum atomic E-state index is -0.0969. The summed E-state index contributed by atoms with van der Waals surface area (Å²) >= 11 is 6.00. The number of hydrogen-bond donors (Lipinski definition) is 1. The SMILES string of the molecule is Cc1cc(Cl)ccc1C(N)c1ccc(CC(C)C)cc1. The van der Waals surface area contributed by atoms with Crippen molar-refractivity contribution in [1.82, 2.24) is 0 Å². The van der Waals surface area contributed by atoms with Gasteiger partial charge in [0, 0.05) is 5.02 Å². The molecule has 0 aliphatic heterocycles. The van der Waals surface area contributed by atoms with Gasteiger partial charge in [0.1, 0.15) is 0 Å². The molecule has 2 heteroatoms. The molecule has 2 aromatic carbocycles. The summed E-state index contributed by atoms with van der Waals surface area (Å²) < 4.78 is 0. The predicted octanol–water partition coefficient (Wildman–Crippen LogP) is 4.90. The molecule has 0 amide bonds. The molecule has 1 unspecified atom stereocenters. The Bertz CT molecular complexity index is 572. The third-order valence-electron chi connectivity index (χ3n) is 3.55. The average Bonchev–Trinajstić information content (AvgIpc) is 2.38. The van der Waals surface area contributed by atoms with E-state index in [0.29, 0.717) is 5.92 Å². The van der Waals surface area contributed by atoms with Gasteiger partial charge in [-0.2, -0.15) is 0 Å². The first-order valence-electron chi connectivity index (χ1n) is 7.08. The van der Waals surface area contributed by atoms with Gasteiger partial charge in [-0.15, -0.1) is 0 Å². The molecule has 2 N–H and O–H groups in total. The molecule has 0 heterocycles. The van der Waals surface area contributed by atoms with E-state index in [4.69, 9.17) is 17.3 Å². The van der Waals surface area contributed by atoms with E-state index in [9.17, 15) is 0 Å². The Kier molecular flexibility index (Phi) is 4.85. The first kappa shape index (κ1) is 15.1. The van der Waals surface area contributed by atoms with Crippen LogP contribution in [0.25, 0.3) is 0 Å². The second-order valence-corrected chi connectivity index (χ2v) is 6.25. The quantitative estimate of drug-likeness (QED) is 0.851. The van der Waals surface area contributed by atoms with Gasteiger partial charge in [0.2, 0.25) is 0 Å². The van der Waals surface area contributed by atoms with Crippen molar-refractivity contribution in [2.45, 2.75) is 33.2 Å². The molecule has 0 spiro atoms. The van der Waals surface area contributed by atoms with E-state index in [1.165, 1.54) is 5.56 Å². The van der Waals surface area contributed by atoms with Crippen molar-refractivity contribution < 1.29 is 0 Å². The zero-order valence-corrected chi connectivity index (χ0v) is 13.1. The van der Waals surface area contributed by atoms with Gasteiger partial charge in [0.05, 0.1) is 6.04 Å². The minimum Gasteiger partial charge on any atom is -0.320 e. The van der Waals surface area contributed by atoms with Crippen molar-refractivity contribution in [1.29, 1.82) is 0 Å². The van der Waals surface area contributed by atoms with Crippen molar-refractivity contribution in [3.63, 3.8) is 0 Å². The molecule has 2 aromatic rings. The van der Waals surface area contributed by atoms with E-state index in [2.05, 4.69) is 38.1 Å². The Morgan fingerprint density at radius 2 is 1.70 bits per heavy atom. The summed E-state index contributed by atoms with van der Waals surface area (Å²) in [5.41, 5.74) is 11.1. The van der Waals surface area contributed by atoms with Crippen molar-refractivity contribution >= 4 is 11.6 Å². The van der Waals surface area contributed by atoms with E-state index in [1.54, 1.807) is 0 Å². The van der Waals surface area contributed by atoms with E-state index in [-0.39, 0.29) is 6.04 Å². The molecule has 20 heavy (non-hydrogen) atoms. The van der Waals surface area contributed by atoms with Crippen LogP contribution in [0.1, 0.15) is 42.1 Å². The minimum absolute atomic E-state index is 0.0969. The zero-order chi connectivity index (χ0) is 14.7. The molecular formula is C18H22ClN. The lowest BCUT2D eigenvalue weighted by Crippen LogP contribution is -2.13. The van der Waals surface area contributed by atoms with Crippen LogP contribution in [0.4, 0.5) is 0 Å². The van der Waals surface area contributed by atoms with Crippen LogP contribution >= 0.6 is 11.6 Å². The van der Waals surface area contributed by atoms with Crippen LogP contribution in [0.2, 0.25) is 5.02 Å². The Labute approximate surface area is 126 Å². The largest absolute Gasteiger partial charge is 0.320 e. The predicted molar refractivity (Wildman–Crippen MR) is 87.2 cm³/mol. The highest BCUT2D eigenvalue weighted by Crippen LogP contribution is 2.25. The van der Waals surface area contributed by atoms with Crippen molar-refractivity contribution in [3.8, 4) is 0 Å². The third-order valence-corrected chi connectivity index (χ3v) is 3.78. The summed E-state index contributed by atoms with van der Waals surface area (Å²) in [7, 11) is 0. The van der Waals surface area contributed by atoms with Gasteiger partial charge in [0.15, 0.2) is 0 Å². The van der Waals surface area contributed by atoms with Crippen LogP contribution < -0.4 is 5.73 Å². The molecule has 0 aromatic heterocycles. The number of rotatable bonds is 4. The summed E-state index contributed by atoms with van der Waals surface area (Å²) in [6.45, 7) is 6.52. The lowest BCUT2D eigenvalue weighted by atomic mass is 9.94. The molecule has 0 fully saturated rings. The Balaban J connectivity index is 2.22. The number of hydrogen-bond acceptors (Lipinski definition) is 1. The molecule has 106 valence electrons. The van der Waals surface area contributed by atoms with E-state index < -0.39 is 0 Å². The summed E-state index contributed by atoms with van der Waals surface area (Å²) in [5.74, 6) is 0.674. The maximum atomic E-state index is 6.38. The normalized spacial score (nSPS) is 12.7. The van der Waals surface area contributed by atoms with Crippen molar-refractivity contribution in [2.24, 2.45) is 11.7 Å². The zero-order valence-electron chi connectivity index (χ0n) is 12.4. The molecule has 0 radical (unpaired) electrons. The van der Waals surface area contributed by atoms with Crippen LogP contribution in [-0.4, -0.2) is 0 Å². The lowest BCUT2D eigenvalue weighted by molar-refractivity contribution is 0.647. The molecular weight excluding hydrogens is 266 g/mol. The lowest BCUT2D eigenvalue weighted by Gasteiger charge is -2.16. The summed E-state index contributed by atoms with van der Waals surface area (Å²) in [6, 6.07) is 14.4. The number of benzene rings is 2. The maximum Gasteiger partial charge on any atom is 0.0554 e. The summed E-state index contributed by atoms with van der Waals surface area (Å²) in [4.78, 5) is 0. The van der Waals surface area contributed by atoms with Crippen molar-refractivity contribution in [2.75, 3.05) is 0 Å². The Hall–Kier alpha value is -1.31. The second kappa shape index (κ2) is 6.43. The molecule has 0 aliphatic carbocycles. The van der Waals surface area contributed by atoms with Gasteiger partial charge in [-0.1, -0.05) is 55.8 Å². The first-order chi connectivity index (χ1) is 9.47. The third kappa shape index (κ3) is 3.62. The molecule has 0 saturated carbocycles. The fraction of sp³-hybridized carbons (Fsp3) is 0.333. The van der Waals surface area contributed by atoms with Crippen LogP contribution in [0.5, 0.6) is 0 Å². The van der Waals surface area contributed by atoms with Gasteiger partial charge in [0.25, 0.3) is 0 Å². The molecule has 1 nitrogen and oxygen atoms in total. The highest BCUT2D eigenvalue weighted by atomic mass is 35.5. The van der Waals surface area contributed by atoms with E-state index >= 15 is 0 Å². The molecule has 0 saturated heterocycles.